The standard InChI is InChI=1S/C4H10O4S/c5-2-9-4(7)1-3(6)8-9/h3-7,9H,1-2H2/t3?,4-/m1/s1. The molecule has 0 aromatic carbocycles. The van der Waals surface area contributed by atoms with Crippen molar-refractivity contribution in [3.8, 4) is 0 Å². The zero-order valence-electron chi connectivity index (χ0n) is 4.77. The minimum Gasteiger partial charge on any atom is -0.385 e. The van der Waals surface area contributed by atoms with E-state index in [9.17, 15) is 0 Å². The molecule has 0 aromatic heterocycles. The smallest absolute Gasteiger partial charge is 0.168 e. The highest BCUT2D eigenvalue weighted by atomic mass is 32.2. The summed E-state index contributed by atoms with van der Waals surface area (Å²) in [6, 6.07) is 0. The molecule has 9 heavy (non-hydrogen) atoms. The van der Waals surface area contributed by atoms with Gasteiger partial charge < -0.3 is 19.5 Å². The second-order valence-corrected chi connectivity index (χ2v) is 3.76. The van der Waals surface area contributed by atoms with Gasteiger partial charge in [0, 0.05) is 6.42 Å². The first-order valence-corrected chi connectivity index (χ1v) is 4.16. The quantitative estimate of drug-likeness (QED) is 0.362. The van der Waals surface area contributed by atoms with Crippen LogP contribution in [0.4, 0.5) is 0 Å². The average Bonchev–Trinajstić information content (AvgIpc) is 2.10. The zero-order chi connectivity index (χ0) is 6.85. The Morgan fingerprint density at radius 3 is 2.44 bits per heavy atom. The molecule has 1 aliphatic rings. The number of thiol groups is 1. The van der Waals surface area contributed by atoms with Crippen LogP contribution in [0.25, 0.3) is 0 Å². The van der Waals surface area contributed by atoms with Crippen molar-refractivity contribution in [2.75, 3.05) is 5.94 Å². The first-order valence-electron chi connectivity index (χ1n) is 2.64. The summed E-state index contributed by atoms with van der Waals surface area (Å²) in [5.74, 6) is -0.173. The van der Waals surface area contributed by atoms with Gasteiger partial charge in [0.05, 0.1) is 5.94 Å². The lowest BCUT2D eigenvalue weighted by Gasteiger charge is -2.13. The lowest BCUT2D eigenvalue weighted by Crippen LogP contribution is -2.04. The van der Waals surface area contributed by atoms with Crippen LogP contribution in [0.3, 0.4) is 0 Å². The molecule has 1 heterocycles. The monoisotopic (exact) mass is 154 g/mol. The second kappa shape index (κ2) is 2.85. The van der Waals surface area contributed by atoms with Crippen LogP contribution in [0.1, 0.15) is 6.42 Å². The zero-order valence-corrected chi connectivity index (χ0v) is 5.66. The fourth-order valence-corrected chi connectivity index (χ4v) is 1.90. The third-order valence-electron chi connectivity index (χ3n) is 1.14. The van der Waals surface area contributed by atoms with Gasteiger partial charge in [-0.05, 0) is 0 Å². The van der Waals surface area contributed by atoms with Gasteiger partial charge in [-0.2, -0.15) is 0 Å². The topological polar surface area (TPSA) is 69.9 Å². The SMILES string of the molecule is OC[SH]1OC(O)C[C@@H]1O. The highest BCUT2D eigenvalue weighted by molar-refractivity contribution is 8.13. The fraction of sp³-hybridized carbons (Fsp3) is 1.00. The predicted octanol–water partition coefficient (Wildman–Crippen LogP) is -1.09. The molecule has 0 saturated carbocycles. The summed E-state index contributed by atoms with van der Waals surface area (Å²) in [5, 5.41) is 26.2. The van der Waals surface area contributed by atoms with Gasteiger partial charge in [-0.1, -0.05) is 11.2 Å². The number of hydrogen-bond donors (Lipinski definition) is 4. The Balaban J connectivity index is 2.38. The molecule has 5 heteroatoms. The van der Waals surface area contributed by atoms with Gasteiger partial charge in [-0.15, -0.1) is 0 Å². The van der Waals surface area contributed by atoms with Gasteiger partial charge in [0.2, 0.25) is 0 Å². The molecule has 0 bridgehead atoms. The molecule has 4 nitrogen and oxygen atoms in total. The van der Waals surface area contributed by atoms with Crippen molar-refractivity contribution in [1.82, 2.24) is 0 Å². The van der Waals surface area contributed by atoms with E-state index in [2.05, 4.69) is 0 Å². The number of aliphatic hydroxyl groups excluding tert-OH is 3. The molecule has 1 rings (SSSR count). The van der Waals surface area contributed by atoms with Crippen molar-refractivity contribution in [3.63, 3.8) is 0 Å². The van der Waals surface area contributed by atoms with Crippen molar-refractivity contribution in [3.05, 3.63) is 0 Å². The Hall–Kier alpha value is 0.190. The van der Waals surface area contributed by atoms with E-state index in [1.165, 1.54) is 0 Å². The van der Waals surface area contributed by atoms with E-state index in [0.29, 0.717) is 0 Å². The van der Waals surface area contributed by atoms with Gasteiger partial charge in [0.1, 0.15) is 5.44 Å². The Kier molecular flexibility index (Phi) is 2.31. The van der Waals surface area contributed by atoms with Crippen LogP contribution in [0.15, 0.2) is 0 Å². The van der Waals surface area contributed by atoms with Crippen LogP contribution in [0.2, 0.25) is 0 Å². The molecule has 1 aliphatic heterocycles. The molecule has 3 atom stereocenters. The lowest BCUT2D eigenvalue weighted by molar-refractivity contribution is -0.00104. The maximum Gasteiger partial charge on any atom is 0.168 e. The predicted molar refractivity (Wildman–Crippen MR) is 33.8 cm³/mol. The third kappa shape index (κ3) is 1.56. The van der Waals surface area contributed by atoms with Gasteiger partial charge in [-0.25, -0.2) is 0 Å². The van der Waals surface area contributed by atoms with Crippen LogP contribution in [0.5, 0.6) is 0 Å². The molecule has 3 N–H and O–H groups in total. The van der Waals surface area contributed by atoms with E-state index in [1.54, 1.807) is 0 Å². The Morgan fingerprint density at radius 1 is 1.56 bits per heavy atom. The molecule has 56 valence electrons. The maximum absolute atomic E-state index is 8.94. The van der Waals surface area contributed by atoms with Gasteiger partial charge >= 0.3 is 0 Å². The minimum absolute atomic E-state index is 0.173. The van der Waals surface area contributed by atoms with Crippen LogP contribution in [0, 0.1) is 0 Å². The molecular formula is C4H10O4S. The largest absolute Gasteiger partial charge is 0.385 e. The van der Waals surface area contributed by atoms with Crippen LogP contribution < -0.4 is 0 Å². The van der Waals surface area contributed by atoms with Crippen molar-refractivity contribution in [2.24, 2.45) is 0 Å². The highest BCUT2D eigenvalue weighted by Crippen LogP contribution is 2.40. The third-order valence-corrected chi connectivity index (χ3v) is 2.81. The van der Waals surface area contributed by atoms with Crippen molar-refractivity contribution >= 4 is 11.2 Å². The molecule has 1 saturated heterocycles. The van der Waals surface area contributed by atoms with Crippen LogP contribution >= 0.6 is 11.2 Å². The summed E-state index contributed by atoms with van der Waals surface area (Å²) < 4.78 is 4.74. The molecule has 2 unspecified atom stereocenters. The molecule has 0 aromatic rings. The van der Waals surface area contributed by atoms with E-state index in [-0.39, 0.29) is 12.4 Å². The van der Waals surface area contributed by atoms with Crippen LogP contribution in [-0.4, -0.2) is 33.0 Å². The Bertz CT molecular complexity index is 98.6. The normalized spacial score (nSPS) is 47.7. The summed E-state index contributed by atoms with van der Waals surface area (Å²) >= 11 is -1.18. The molecule has 0 spiro atoms. The molecule has 0 amide bonds. The van der Waals surface area contributed by atoms with E-state index in [0.717, 1.165) is 0 Å². The van der Waals surface area contributed by atoms with Crippen LogP contribution in [-0.2, 0) is 4.18 Å². The fourth-order valence-electron chi connectivity index (χ4n) is 0.695. The Morgan fingerprint density at radius 2 is 2.22 bits per heavy atom. The number of rotatable bonds is 1. The number of hydrogen-bond acceptors (Lipinski definition) is 4. The van der Waals surface area contributed by atoms with Crippen molar-refractivity contribution < 1.29 is 19.5 Å². The average molecular weight is 154 g/mol. The van der Waals surface area contributed by atoms with Gasteiger partial charge in [0.25, 0.3) is 0 Å². The highest BCUT2D eigenvalue weighted by Gasteiger charge is 2.28. The maximum atomic E-state index is 8.94. The van der Waals surface area contributed by atoms with E-state index in [4.69, 9.17) is 19.5 Å². The number of aliphatic hydroxyl groups is 3. The molecular weight excluding hydrogens is 144 g/mol. The Labute approximate surface area is 55.6 Å². The van der Waals surface area contributed by atoms with Gasteiger partial charge in [-0.3, -0.25) is 0 Å². The summed E-state index contributed by atoms with van der Waals surface area (Å²) in [5.41, 5.74) is -0.653. The first-order chi connectivity index (χ1) is 4.24. The second-order valence-electron chi connectivity index (χ2n) is 1.83. The lowest BCUT2D eigenvalue weighted by atomic mass is 10.4. The summed E-state index contributed by atoms with van der Waals surface area (Å²) in [4.78, 5) is 0. The van der Waals surface area contributed by atoms with E-state index < -0.39 is 22.9 Å². The molecule has 1 fully saturated rings. The summed E-state index contributed by atoms with van der Waals surface area (Å²) in [6.07, 6.45) is -0.648. The molecule has 0 radical (unpaired) electrons. The summed E-state index contributed by atoms with van der Waals surface area (Å²) in [7, 11) is 0. The van der Waals surface area contributed by atoms with E-state index >= 15 is 0 Å². The first kappa shape index (κ1) is 7.30. The van der Waals surface area contributed by atoms with Gasteiger partial charge in [0.15, 0.2) is 6.29 Å². The minimum atomic E-state index is -1.18. The molecule has 0 aliphatic carbocycles. The van der Waals surface area contributed by atoms with Crippen molar-refractivity contribution in [2.45, 2.75) is 18.1 Å². The van der Waals surface area contributed by atoms with Crippen molar-refractivity contribution in [1.29, 1.82) is 0 Å². The van der Waals surface area contributed by atoms with E-state index in [1.807, 2.05) is 0 Å². The summed E-state index contributed by atoms with van der Waals surface area (Å²) in [6.45, 7) is 0.